The lowest BCUT2D eigenvalue weighted by Crippen LogP contribution is -2.01. The number of benzene rings is 1. The zero-order valence-corrected chi connectivity index (χ0v) is 9.33. The largest absolute Gasteiger partial charge is 0.300 e. The summed E-state index contributed by atoms with van der Waals surface area (Å²) in [7, 11) is 0. The Morgan fingerprint density at radius 1 is 1.27 bits per heavy atom. The highest BCUT2D eigenvalue weighted by Crippen LogP contribution is 2.32. The Morgan fingerprint density at radius 2 is 1.93 bits per heavy atom. The van der Waals surface area contributed by atoms with Gasteiger partial charge in [-0.2, -0.15) is 0 Å². The lowest BCUT2D eigenvalue weighted by atomic mass is 10.0. The Morgan fingerprint density at radius 3 is 2.53 bits per heavy atom. The van der Waals surface area contributed by atoms with Gasteiger partial charge >= 0.3 is 0 Å². The second-order valence-corrected chi connectivity index (χ2v) is 4.67. The van der Waals surface area contributed by atoms with Crippen LogP contribution in [0, 0.1) is 12.8 Å². The van der Waals surface area contributed by atoms with Gasteiger partial charge in [0, 0.05) is 12.8 Å². The fourth-order valence-electron chi connectivity index (χ4n) is 1.78. The van der Waals surface area contributed by atoms with Gasteiger partial charge in [0.25, 0.3) is 0 Å². The van der Waals surface area contributed by atoms with Gasteiger partial charge in [0.15, 0.2) is 0 Å². The molecule has 1 heteroatoms. The second kappa shape index (κ2) is 4.61. The number of hydrogen-bond acceptors (Lipinski definition) is 1. The molecule has 1 nitrogen and oxygen atoms in total. The predicted octanol–water partition coefficient (Wildman–Crippen LogP) is 3.30. The van der Waals surface area contributed by atoms with Gasteiger partial charge in [0.1, 0.15) is 5.78 Å². The van der Waals surface area contributed by atoms with Crippen molar-refractivity contribution in [2.75, 3.05) is 0 Å². The average Bonchev–Trinajstić information content (AvgIpc) is 3.01. The van der Waals surface area contributed by atoms with Gasteiger partial charge in [-0.15, -0.1) is 0 Å². The van der Waals surface area contributed by atoms with Crippen LogP contribution < -0.4 is 0 Å². The van der Waals surface area contributed by atoms with Crippen molar-refractivity contribution in [1.82, 2.24) is 0 Å². The van der Waals surface area contributed by atoms with Gasteiger partial charge in [-0.3, -0.25) is 4.79 Å². The van der Waals surface area contributed by atoms with E-state index < -0.39 is 0 Å². The highest BCUT2D eigenvalue weighted by molar-refractivity contribution is 5.79. The molecule has 80 valence electrons. The molecule has 2 rings (SSSR count). The number of carbonyl (C=O) groups excluding carboxylic acids is 1. The first-order chi connectivity index (χ1) is 7.24. The molecule has 0 unspecified atom stereocenters. The highest BCUT2D eigenvalue weighted by atomic mass is 16.1. The molecule has 0 bridgehead atoms. The first kappa shape index (κ1) is 10.4. The Hall–Kier alpha value is -1.11. The van der Waals surface area contributed by atoms with E-state index >= 15 is 0 Å². The molecule has 0 heterocycles. The summed E-state index contributed by atoms with van der Waals surface area (Å²) in [5, 5.41) is 0. The maximum atomic E-state index is 11.5. The molecule has 1 aromatic rings. The molecule has 1 saturated carbocycles. The van der Waals surface area contributed by atoms with Gasteiger partial charge in [-0.25, -0.2) is 0 Å². The van der Waals surface area contributed by atoms with Crippen LogP contribution in [0.1, 0.15) is 36.8 Å². The Kier molecular flexibility index (Phi) is 3.20. The van der Waals surface area contributed by atoms with Crippen LogP contribution in [0.15, 0.2) is 24.3 Å². The molecule has 0 spiro atoms. The van der Waals surface area contributed by atoms with E-state index in [1.54, 1.807) is 0 Å². The molecule has 1 aromatic carbocycles. The quantitative estimate of drug-likeness (QED) is 0.716. The van der Waals surface area contributed by atoms with Crippen molar-refractivity contribution in [3.05, 3.63) is 35.4 Å². The molecule has 1 aliphatic carbocycles. The highest BCUT2D eigenvalue weighted by Gasteiger charge is 2.23. The molecule has 0 N–H and O–H groups in total. The van der Waals surface area contributed by atoms with Crippen LogP contribution in [0.3, 0.4) is 0 Å². The summed E-state index contributed by atoms with van der Waals surface area (Å²) < 4.78 is 0. The molecule has 1 fully saturated rings. The first-order valence-electron chi connectivity index (χ1n) is 5.81. The number of Topliss-reactive ketones (excluding diaryl/α,β-unsaturated/α-hetero) is 1. The van der Waals surface area contributed by atoms with E-state index in [4.69, 9.17) is 0 Å². The Labute approximate surface area is 91.5 Å². The van der Waals surface area contributed by atoms with Gasteiger partial charge in [-0.1, -0.05) is 29.8 Å². The molecular formula is C14H18O. The summed E-state index contributed by atoms with van der Waals surface area (Å²) in [4.78, 5) is 11.5. The topological polar surface area (TPSA) is 17.1 Å². The van der Waals surface area contributed by atoms with Crippen LogP contribution in [0.4, 0.5) is 0 Å². The maximum absolute atomic E-state index is 11.5. The van der Waals surface area contributed by atoms with Crippen molar-refractivity contribution in [2.45, 2.75) is 39.0 Å². The molecule has 15 heavy (non-hydrogen) atoms. The first-order valence-corrected chi connectivity index (χ1v) is 5.81. The van der Waals surface area contributed by atoms with Gasteiger partial charge in [0.05, 0.1) is 0 Å². The molecule has 0 atom stereocenters. The number of rotatable bonds is 5. The minimum Gasteiger partial charge on any atom is -0.300 e. The van der Waals surface area contributed by atoms with Crippen molar-refractivity contribution in [1.29, 1.82) is 0 Å². The van der Waals surface area contributed by atoms with E-state index in [-0.39, 0.29) is 0 Å². The van der Waals surface area contributed by atoms with Crippen molar-refractivity contribution >= 4 is 5.78 Å². The van der Waals surface area contributed by atoms with Crippen LogP contribution in [0.5, 0.6) is 0 Å². The number of hydrogen-bond donors (Lipinski definition) is 0. The fraction of sp³-hybridized carbons (Fsp3) is 0.500. The third kappa shape index (κ3) is 3.50. The SMILES string of the molecule is Cc1ccc(CCC(=O)CC2CC2)cc1. The van der Waals surface area contributed by atoms with Crippen LogP contribution in [0.25, 0.3) is 0 Å². The number of aryl methyl sites for hydroxylation is 2. The average molecular weight is 202 g/mol. The Bertz CT molecular complexity index is 333. The van der Waals surface area contributed by atoms with Gasteiger partial charge < -0.3 is 0 Å². The second-order valence-electron chi connectivity index (χ2n) is 4.67. The molecule has 0 saturated heterocycles. The van der Waals surface area contributed by atoms with E-state index in [2.05, 4.69) is 31.2 Å². The lowest BCUT2D eigenvalue weighted by Gasteiger charge is -2.01. The van der Waals surface area contributed by atoms with Gasteiger partial charge in [-0.05, 0) is 37.7 Å². The normalized spacial score (nSPS) is 15.3. The van der Waals surface area contributed by atoms with Crippen LogP contribution in [-0.2, 0) is 11.2 Å². The monoisotopic (exact) mass is 202 g/mol. The minimum absolute atomic E-state index is 0.443. The minimum atomic E-state index is 0.443. The fourth-order valence-corrected chi connectivity index (χ4v) is 1.78. The summed E-state index contributed by atoms with van der Waals surface area (Å²) in [5.74, 6) is 1.17. The van der Waals surface area contributed by atoms with Crippen molar-refractivity contribution in [2.24, 2.45) is 5.92 Å². The zero-order valence-electron chi connectivity index (χ0n) is 9.33. The number of carbonyl (C=O) groups is 1. The number of ketones is 1. The van der Waals surface area contributed by atoms with Crippen molar-refractivity contribution in [3.63, 3.8) is 0 Å². The third-order valence-electron chi connectivity index (χ3n) is 3.03. The van der Waals surface area contributed by atoms with Crippen molar-refractivity contribution < 1.29 is 4.79 Å². The summed E-state index contributed by atoms with van der Waals surface area (Å²) in [5.41, 5.74) is 2.56. The molecule has 0 radical (unpaired) electrons. The maximum Gasteiger partial charge on any atom is 0.133 e. The standard InChI is InChI=1S/C14H18O/c1-11-2-4-12(5-3-11)8-9-14(15)10-13-6-7-13/h2-5,13H,6-10H2,1H3. The summed E-state index contributed by atoms with van der Waals surface area (Å²) in [6.45, 7) is 2.09. The van der Waals surface area contributed by atoms with Crippen LogP contribution in [0.2, 0.25) is 0 Å². The predicted molar refractivity (Wildman–Crippen MR) is 61.8 cm³/mol. The lowest BCUT2D eigenvalue weighted by molar-refractivity contribution is -0.119. The molecule has 0 aliphatic heterocycles. The van der Waals surface area contributed by atoms with Crippen molar-refractivity contribution in [3.8, 4) is 0 Å². The summed E-state index contributed by atoms with van der Waals surface area (Å²) in [6.07, 6.45) is 5.00. The Balaban J connectivity index is 1.76. The van der Waals surface area contributed by atoms with E-state index in [1.165, 1.54) is 24.0 Å². The molecule has 1 aliphatic rings. The zero-order chi connectivity index (χ0) is 10.7. The third-order valence-corrected chi connectivity index (χ3v) is 3.03. The molecular weight excluding hydrogens is 184 g/mol. The van der Waals surface area contributed by atoms with E-state index in [9.17, 15) is 4.79 Å². The molecule has 0 amide bonds. The van der Waals surface area contributed by atoms with Gasteiger partial charge in [0.2, 0.25) is 0 Å². The smallest absolute Gasteiger partial charge is 0.133 e. The van der Waals surface area contributed by atoms with E-state index in [0.717, 1.165) is 25.2 Å². The summed E-state index contributed by atoms with van der Waals surface area (Å²) >= 11 is 0. The van der Waals surface area contributed by atoms with Crippen LogP contribution >= 0.6 is 0 Å². The van der Waals surface area contributed by atoms with E-state index in [1.807, 2.05) is 0 Å². The van der Waals surface area contributed by atoms with Crippen LogP contribution in [-0.4, -0.2) is 5.78 Å². The molecule has 0 aromatic heterocycles. The van der Waals surface area contributed by atoms with E-state index in [0.29, 0.717) is 5.78 Å². The summed E-state index contributed by atoms with van der Waals surface area (Å²) in [6, 6.07) is 8.47.